The smallest absolute Gasteiger partial charge is 0.0674 e. The number of aryl methyl sites for hydroxylation is 1. The van der Waals surface area contributed by atoms with E-state index in [0.29, 0.717) is 22.2 Å². The molecule has 0 amide bonds. The van der Waals surface area contributed by atoms with E-state index in [9.17, 15) is 5.11 Å². The zero-order valence-corrected chi connectivity index (χ0v) is 13.5. The minimum atomic E-state index is -0.448. The Kier molecular flexibility index (Phi) is 5.79. The average Bonchev–Trinajstić information content (AvgIpc) is 2.42. The van der Waals surface area contributed by atoms with E-state index >= 15 is 0 Å². The van der Waals surface area contributed by atoms with Gasteiger partial charge in [0.05, 0.1) is 16.1 Å². The first kappa shape index (κ1) is 15.7. The topological polar surface area (TPSA) is 20.2 Å². The van der Waals surface area contributed by atoms with E-state index in [-0.39, 0.29) is 0 Å². The van der Waals surface area contributed by atoms with Crippen molar-refractivity contribution in [1.82, 2.24) is 0 Å². The molecule has 0 aliphatic rings. The van der Waals surface area contributed by atoms with Crippen molar-refractivity contribution in [2.75, 3.05) is 5.75 Å². The average molecular weight is 327 g/mol. The van der Waals surface area contributed by atoms with Crippen LogP contribution in [0, 0.1) is 6.92 Å². The van der Waals surface area contributed by atoms with E-state index in [1.54, 1.807) is 17.8 Å². The first-order valence-corrected chi connectivity index (χ1v) is 8.11. The molecule has 1 nitrogen and oxygen atoms in total. The second-order valence-corrected chi connectivity index (χ2v) is 6.58. The molecule has 0 saturated heterocycles. The molecule has 0 aromatic heterocycles. The molecular formula is C16H16Cl2OS. The van der Waals surface area contributed by atoms with Gasteiger partial charge in [0.1, 0.15) is 0 Å². The first-order chi connectivity index (χ1) is 9.56. The fourth-order valence-electron chi connectivity index (χ4n) is 1.92. The number of aliphatic hydroxyl groups excluding tert-OH is 1. The molecule has 20 heavy (non-hydrogen) atoms. The first-order valence-electron chi connectivity index (χ1n) is 6.36. The maximum Gasteiger partial charge on any atom is 0.0674 e. The number of aliphatic hydroxyl groups is 1. The lowest BCUT2D eigenvalue weighted by Gasteiger charge is -2.12. The van der Waals surface area contributed by atoms with Crippen LogP contribution in [-0.2, 0) is 6.42 Å². The number of thioether (sulfide) groups is 1. The van der Waals surface area contributed by atoms with Crippen LogP contribution in [0.1, 0.15) is 11.1 Å². The quantitative estimate of drug-likeness (QED) is 0.780. The van der Waals surface area contributed by atoms with Gasteiger partial charge in [-0.1, -0.05) is 53.0 Å². The molecule has 1 atom stereocenters. The Bertz CT molecular complexity index is 586. The van der Waals surface area contributed by atoms with Gasteiger partial charge < -0.3 is 5.11 Å². The number of hydrogen-bond donors (Lipinski definition) is 1. The maximum atomic E-state index is 10.1. The highest BCUT2D eigenvalue weighted by Gasteiger charge is 2.11. The van der Waals surface area contributed by atoms with E-state index in [0.717, 1.165) is 5.56 Å². The van der Waals surface area contributed by atoms with E-state index in [1.807, 2.05) is 18.2 Å². The Morgan fingerprint density at radius 1 is 1.15 bits per heavy atom. The van der Waals surface area contributed by atoms with Crippen molar-refractivity contribution in [3.8, 4) is 0 Å². The lowest BCUT2D eigenvalue weighted by atomic mass is 10.1. The van der Waals surface area contributed by atoms with Crippen LogP contribution < -0.4 is 0 Å². The highest BCUT2D eigenvalue weighted by atomic mass is 35.5. The van der Waals surface area contributed by atoms with E-state index in [4.69, 9.17) is 23.2 Å². The van der Waals surface area contributed by atoms with Crippen LogP contribution >= 0.6 is 35.0 Å². The predicted octanol–water partition coefficient (Wildman–Crippen LogP) is 5.00. The summed E-state index contributed by atoms with van der Waals surface area (Å²) in [5, 5.41) is 11.2. The fourth-order valence-corrected chi connectivity index (χ4v) is 3.26. The van der Waals surface area contributed by atoms with Crippen LogP contribution in [0.5, 0.6) is 0 Å². The van der Waals surface area contributed by atoms with Gasteiger partial charge in [0.25, 0.3) is 0 Å². The summed E-state index contributed by atoms with van der Waals surface area (Å²) in [6.07, 6.45) is 0.0644. The van der Waals surface area contributed by atoms with Crippen LogP contribution in [0.4, 0.5) is 0 Å². The van der Waals surface area contributed by atoms with Crippen LogP contribution in [0.15, 0.2) is 47.4 Å². The number of rotatable bonds is 5. The van der Waals surface area contributed by atoms with Crippen molar-refractivity contribution in [3.63, 3.8) is 0 Å². The van der Waals surface area contributed by atoms with E-state index < -0.39 is 6.10 Å². The minimum Gasteiger partial charge on any atom is -0.392 e. The molecule has 0 radical (unpaired) electrons. The largest absolute Gasteiger partial charge is 0.392 e. The summed E-state index contributed by atoms with van der Waals surface area (Å²) < 4.78 is 0. The molecule has 0 aliphatic heterocycles. The molecular weight excluding hydrogens is 311 g/mol. The van der Waals surface area contributed by atoms with Gasteiger partial charge in [-0.25, -0.2) is 0 Å². The number of hydrogen-bond acceptors (Lipinski definition) is 2. The minimum absolute atomic E-state index is 0.448. The second kappa shape index (κ2) is 7.37. The van der Waals surface area contributed by atoms with Gasteiger partial charge in [-0.3, -0.25) is 0 Å². The van der Waals surface area contributed by atoms with Gasteiger partial charge in [0.2, 0.25) is 0 Å². The van der Waals surface area contributed by atoms with Crippen LogP contribution in [-0.4, -0.2) is 17.0 Å². The van der Waals surface area contributed by atoms with Crippen molar-refractivity contribution in [2.24, 2.45) is 0 Å². The molecule has 2 rings (SSSR count). The van der Waals surface area contributed by atoms with Crippen LogP contribution in [0.25, 0.3) is 0 Å². The Labute approximate surface area is 133 Å². The fraction of sp³-hybridized carbons (Fsp3) is 0.250. The normalized spacial score (nSPS) is 12.4. The molecule has 0 bridgehead atoms. The molecule has 4 heteroatoms. The molecule has 0 saturated carbocycles. The molecule has 106 valence electrons. The Morgan fingerprint density at radius 3 is 2.65 bits per heavy atom. The lowest BCUT2D eigenvalue weighted by Crippen LogP contribution is -2.13. The highest BCUT2D eigenvalue weighted by molar-refractivity contribution is 7.99. The molecule has 2 aromatic rings. The Morgan fingerprint density at radius 2 is 1.90 bits per heavy atom. The van der Waals surface area contributed by atoms with Crippen LogP contribution in [0.3, 0.4) is 0 Å². The molecule has 0 aliphatic carbocycles. The van der Waals surface area contributed by atoms with E-state index in [1.165, 1.54) is 10.5 Å². The van der Waals surface area contributed by atoms with Gasteiger partial charge in [0.15, 0.2) is 0 Å². The summed E-state index contributed by atoms with van der Waals surface area (Å²) in [5.74, 6) is 0.631. The molecule has 0 heterocycles. The standard InChI is InChI=1S/C16H16Cl2OS/c1-11-4-2-6-14(8-11)20-10-13(19)9-12-5-3-7-15(17)16(12)18/h2-8,13,19H,9-10H2,1H3. The second-order valence-electron chi connectivity index (χ2n) is 4.70. The molecule has 2 aromatic carbocycles. The Balaban J connectivity index is 1.92. The van der Waals surface area contributed by atoms with Crippen molar-refractivity contribution >= 4 is 35.0 Å². The molecule has 0 spiro atoms. The summed E-state index contributed by atoms with van der Waals surface area (Å²) in [6.45, 7) is 2.06. The summed E-state index contributed by atoms with van der Waals surface area (Å²) >= 11 is 13.7. The Hall–Kier alpha value is -0.670. The SMILES string of the molecule is Cc1cccc(SCC(O)Cc2cccc(Cl)c2Cl)c1. The third-order valence-corrected chi connectivity index (χ3v) is 4.92. The van der Waals surface area contributed by atoms with E-state index in [2.05, 4.69) is 25.1 Å². The summed E-state index contributed by atoms with van der Waals surface area (Å²) in [5.41, 5.74) is 2.11. The molecule has 1 unspecified atom stereocenters. The van der Waals surface area contributed by atoms with Crippen molar-refractivity contribution in [3.05, 3.63) is 63.6 Å². The monoisotopic (exact) mass is 326 g/mol. The summed E-state index contributed by atoms with van der Waals surface area (Å²) in [6, 6.07) is 13.8. The zero-order valence-electron chi connectivity index (χ0n) is 11.1. The number of halogens is 2. The summed E-state index contributed by atoms with van der Waals surface area (Å²) in [4.78, 5) is 1.17. The molecule has 0 fully saturated rings. The maximum absolute atomic E-state index is 10.1. The predicted molar refractivity (Wildman–Crippen MR) is 88.1 cm³/mol. The van der Waals surface area contributed by atoms with Crippen LogP contribution in [0.2, 0.25) is 10.0 Å². The van der Waals surface area contributed by atoms with Gasteiger partial charge >= 0.3 is 0 Å². The van der Waals surface area contributed by atoms with Gasteiger partial charge in [-0.2, -0.15) is 0 Å². The van der Waals surface area contributed by atoms with Crippen molar-refractivity contribution in [2.45, 2.75) is 24.3 Å². The molecule has 1 N–H and O–H groups in total. The highest BCUT2D eigenvalue weighted by Crippen LogP contribution is 2.27. The third kappa shape index (κ3) is 4.42. The van der Waals surface area contributed by atoms with Crippen molar-refractivity contribution in [1.29, 1.82) is 0 Å². The van der Waals surface area contributed by atoms with Gasteiger partial charge in [0, 0.05) is 17.1 Å². The number of benzene rings is 2. The lowest BCUT2D eigenvalue weighted by molar-refractivity contribution is 0.200. The third-order valence-electron chi connectivity index (χ3n) is 2.92. The van der Waals surface area contributed by atoms with Crippen molar-refractivity contribution < 1.29 is 5.11 Å². The zero-order chi connectivity index (χ0) is 14.5. The summed E-state index contributed by atoms with van der Waals surface area (Å²) in [7, 11) is 0. The van der Waals surface area contributed by atoms with Gasteiger partial charge in [-0.15, -0.1) is 11.8 Å². The van der Waals surface area contributed by atoms with Gasteiger partial charge in [-0.05, 0) is 30.7 Å².